The van der Waals surface area contributed by atoms with E-state index in [9.17, 15) is 19.8 Å². The molecule has 47 heavy (non-hydrogen) atoms. The van der Waals surface area contributed by atoms with Crippen molar-refractivity contribution in [2.75, 3.05) is 18.9 Å². The Morgan fingerprint density at radius 3 is 1.45 bits per heavy atom. The number of benzene rings is 2. The van der Waals surface area contributed by atoms with Crippen molar-refractivity contribution in [3.05, 3.63) is 36.4 Å². The van der Waals surface area contributed by atoms with E-state index in [0.717, 1.165) is 64.2 Å². The Hall–Kier alpha value is -4.61. The van der Waals surface area contributed by atoms with Crippen LogP contribution in [-0.4, -0.2) is 62.5 Å². The largest absolute Gasteiger partial charge is 0.507 e. The van der Waals surface area contributed by atoms with Crippen molar-refractivity contribution in [2.45, 2.75) is 104 Å². The third kappa shape index (κ3) is 11.9. The fourth-order valence-electron chi connectivity index (χ4n) is 4.68. The molecular formula is C35H48N4O8. The quantitative estimate of drug-likeness (QED) is 0.0864. The summed E-state index contributed by atoms with van der Waals surface area (Å²) in [5, 5.41) is 21.5. The summed E-state index contributed by atoms with van der Waals surface area (Å²) in [6.07, 6.45) is 8.70. The molecule has 0 aliphatic heterocycles. The first-order valence-corrected chi connectivity index (χ1v) is 16.5. The number of ether oxygens (including phenoxy) is 4. The van der Waals surface area contributed by atoms with Gasteiger partial charge in [-0.2, -0.15) is 9.97 Å². The first-order valence-electron chi connectivity index (χ1n) is 16.5. The van der Waals surface area contributed by atoms with E-state index in [-0.39, 0.29) is 51.7 Å². The predicted octanol–water partition coefficient (Wildman–Crippen LogP) is 6.76. The molecule has 0 fully saturated rings. The fraction of sp³-hybridized carbons (Fsp3) is 0.514. The molecule has 2 aromatic carbocycles. The number of phenolic OH excluding ortho intramolecular Hbond substituents is 2. The zero-order valence-electron chi connectivity index (χ0n) is 27.9. The maximum Gasteiger partial charge on any atom is 0.347 e. The first-order chi connectivity index (χ1) is 22.6. The number of nitrogen functional groups attached to an aromatic ring is 1. The average molecular weight is 653 g/mol. The molecule has 2 unspecified atom stereocenters. The summed E-state index contributed by atoms with van der Waals surface area (Å²) in [5.41, 5.74) is 6.42. The van der Waals surface area contributed by atoms with Crippen molar-refractivity contribution in [3.8, 4) is 45.8 Å². The second kappa shape index (κ2) is 19.1. The van der Waals surface area contributed by atoms with Gasteiger partial charge in [0.2, 0.25) is 5.95 Å². The number of anilines is 1. The number of nitrogens with two attached hydrogens (primary N) is 1. The average Bonchev–Trinajstić information content (AvgIpc) is 3.03. The van der Waals surface area contributed by atoms with Crippen molar-refractivity contribution in [1.82, 2.24) is 15.0 Å². The Bertz CT molecular complexity index is 1350. The standard InChI is InChI=1S/C35H48N4O8/c1-5-7-9-11-13-19-44-33(42)23(3)46-25-15-17-27(29(40)21-25)31-37-32(39-35(36)38-31)28-18-16-26(22-30(28)41)47-24(4)34(43)45-20-14-12-10-8-6-2/h15-18,21-24,40-41H,5-14,19-20H2,1-4H3,(H2,36,37,38,39). The van der Waals surface area contributed by atoms with Crippen molar-refractivity contribution < 1.29 is 38.7 Å². The molecule has 256 valence electrons. The summed E-state index contributed by atoms with van der Waals surface area (Å²) >= 11 is 0. The number of carbonyl (C=O) groups is 2. The Kier molecular flexibility index (Phi) is 15.0. The Morgan fingerprint density at radius 2 is 1.06 bits per heavy atom. The van der Waals surface area contributed by atoms with Gasteiger partial charge in [0.05, 0.1) is 24.3 Å². The van der Waals surface area contributed by atoms with Gasteiger partial charge in [0.15, 0.2) is 23.9 Å². The minimum Gasteiger partial charge on any atom is -0.507 e. The van der Waals surface area contributed by atoms with Crippen LogP contribution in [0.5, 0.6) is 23.0 Å². The summed E-state index contributed by atoms with van der Waals surface area (Å²) in [4.78, 5) is 37.3. The second-order valence-electron chi connectivity index (χ2n) is 11.4. The molecule has 2 atom stereocenters. The van der Waals surface area contributed by atoms with E-state index in [2.05, 4.69) is 28.8 Å². The highest BCUT2D eigenvalue weighted by atomic mass is 16.6. The number of hydrogen-bond donors (Lipinski definition) is 3. The van der Waals surface area contributed by atoms with Gasteiger partial charge < -0.3 is 34.9 Å². The highest BCUT2D eigenvalue weighted by Gasteiger charge is 2.20. The molecular weight excluding hydrogens is 604 g/mol. The zero-order chi connectivity index (χ0) is 34.2. The third-order valence-electron chi connectivity index (χ3n) is 7.35. The van der Waals surface area contributed by atoms with E-state index in [1.54, 1.807) is 26.0 Å². The topological polar surface area (TPSA) is 176 Å². The highest BCUT2D eigenvalue weighted by Crippen LogP contribution is 2.35. The molecule has 0 bridgehead atoms. The van der Waals surface area contributed by atoms with E-state index in [4.69, 9.17) is 24.7 Å². The molecule has 0 spiro atoms. The molecule has 0 aliphatic rings. The number of esters is 2. The molecule has 0 saturated heterocycles. The van der Waals surface area contributed by atoms with Crippen LogP contribution in [0.4, 0.5) is 5.95 Å². The lowest BCUT2D eigenvalue weighted by Crippen LogP contribution is -2.26. The number of phenols is 2. The summed E-state index contributed by atoms with van der Waals surface area (Å²) < 4.78 is 22.0. The van der Waals surface area contributed by atoms with Gasteiger partial charge in [-0.25, -0.2) is 14.6 Å². The Balaban J connectivity index is 1.62. The van der Waals surface area contributed by atoms with Crippen LogP contribution in [0.15, 0.2) is 36.4 Å². The SMILES string of the molecule is CCCCCCCOC(=O)C(C)Oc1ccc(-c2nc(N)nc(-c3ccc(OC(C)C(=O)OCCCCCCC)cc3O)n2)c(O)c1. The van der Waals surface area contributed by atoms with E-state index in [1.165, 1.54) is 24.3 Å². The number of unbranched alkanes of at least 4 members (excludes halogenated alkanes) is 8. The van der Waals surface area contributed by atoms with Gasteiger partial charge in [-0.05, 0) is 51.0 Å². The number of carbonyl (C=O) groups excluding carboxylic acids is 2. The van der Waals surface area contributed by atoms with Crippen molar-refractivity contribution in [1.29, 1.82) is 0 Å². The molecule has 1 aromatic heterocycles. The lowest BCUT2D eigenvalue weighted by molar-refractivity contribution is -0.152. The molecule has 3 aromatic rings. The first kappa shape index (κ1) is 36.9. The molecule has 4 N–H and O–H groups in total. The van der Waals surface area contributed by atoms with Gasteiger partial charge in [-0.15, -0.1) is 0 Å². The molecule has 0 saturated carbocycles. The van der Waals surface area contributed by atoms with Gasteiger partial charge in [0.25, 0.3) is 0 Å². The van der Waals surface area contributed by atoms with E-state index >= 15 is 0 Å². The molecule has 1 heterocycles. The van der Waals surface area contributed by atoms with Crippen LogP contribution in [0.3, 0.4) is 0 Å². The smallest absolute Gasteiger partial charge is 0.347 e. The molecule has 0 aliphatic carbocycles. The van der Waals surface area contributed by atoms with Crippen LogP contribution in [0.1, 0.15) is 91.9 Å². The lowest BCUT2D eigenvalue weighted by Gasteiger charge is -2.15. The zero-order valence-corrected chi connectivity index (χ0v) is 27.9. The minimum atomic E-state index is -0.876. The van der Waals surface area contributed by atoms with Crippen LogP contribution in [0.25, 0.3) is 22.8 Å². The minimum absolute atomic E-state index is 0.0536. The van der Waals surface area contributed by atoms with E-state index < -0.39 is 24.1 Å². The summed E-state index contributed by atoms with van der Waals surface area (Å²) in [7, 11) is 0. The normalized spacial score (nSPS) is 12.3. The summed E-state index contributed by atoms with van der Waals surface area (Å²) in [6, 6.07) is 8.85. The van der Waals surface area contributed by atoms with E-state index in [1.807, 2.05) is 0 Å². The van der Waals surface area contributed by atoms with Crippen LogP contribution in [0, 0.1) is 0 Å². The second-order valence-corrected chi connectivity index (χ2v) is 11.4. The fourth-order valence-corrected chi connectivity index (χ4v) is 4.68. The maximum absolute atomic E-state index is 12.3. The molecule has 0 radical (unpaired) electrons. The van der Waals surface area contributed by atoms with Crippen LogP contribution in [-0.2, 0) is 19.1 Å². The molecule has 12 heteroatoms. The Labute approximate surface area is 276 Å². The van der Waals surface area contributed by atoms with Crippen molar-refractivity contribution >= 4 is 17.9 Å². The van der Waals surface area contributed by atoms with Crippen LogP contribution < -0.4 is 15.2 Å². The molecule has 3 rings (SSSR count). The lowest BCUT2D eigenvalue weighted by atomic mass is 10.1. The summed E-state index contributed by atoms with van der Waals surface area (Å²) in [6.45, 7) is 8.11. The van der Waals surface area contributed by atoms with Crippen LogP contribution >= 0.6 is 0 Å². The number of rotatable bonds is 20. The number of nitrogens with zero attached hydrogens (tertiary/aromatic N) is 3. The Morgan fingerprint density at radius 1 is 0.660 bits per heavy atom. The molecule has 12 nitrogen and oxygen atoms in total. The number of aromatic hydroxyl groups is 2. The van der Waals surface area contributed by atoms with Crippen molar-refractivity contribution in [2.24, 2.45) is 0 Å². The van der Waals surface area contributed by atoms with E-state index in [0.29, 0.717) is 13.2 Å². The predicted molar refractivity (Wildman–Crippen MR) is 178 cm³/mol. The van der Waals surface area contributed by atoms with Gasteiger partial charge in [0.1, 0.15) is 23.0 Å². The third-order valence-corrected chi connectivity index (χ3v) is 7.35. The number of hydrogen-bond acceptors (Lipinski definition) is 12. The van der Waals surface area contributed by atoms with Gasteiger partial charge in [-0.1, -0.05) is 65.2 Å². The number of aromatic nitrogens is 3. The van der Waals surface area contributed by atoms with Gasteiger partial charge >= 0.3 is 11.9 Å². The summed E-state index contributed by atoms with van der Waals surface area (Å²) in [5.74, 6) is -0.943. The van der Waals surface area contributed by atoms with Crippen molar-refractivity contribution in [3.63, 3.8) is 0 Å². The van der Waals surface area contributed by atoms with Crippen LogP contribution in [0.2, 0.25) is 0 Å². The van der Waals surface area contributed by atoms with Gasteiger partial charge in [-0.3, -0.25) is 0 Å². The monoisotopic (exact) mass is 652 g/mol. The maximum atomic E-state index is 12.3. The van der Waals surface area contributed by atoms with Gasteiger partial charge in [0, 0.05) is 12.1 Å². The molecule has 0 amide bonds. The highest BCUT2D eigenvalue weighted by molar-refractivity contribution is 5.76.